The lowest BCUT2D eigenvalue weighted by Gasteiger charge is -2.33. The lowest BCUT2D eigenvalue weighted by Crippen LogP contribution is -2.43. The van der Waals surface area contributed by atoms with Crippen LogP contribution in [0.4, 0.5) is 0 Å². The van der Waals surface area contributed by atoms with Gasteiger partial charge in [0.15, 0.2) is 0 Å². The van der Waals surface area contributed by atoms with E-state index in [1.54, 1.807) is 12.1 Å². The average molecular weight is 323 g/mol. The van der Waals surface area contributed by atoms with Crippen LogP contribution in [0.1, 0.15) is 22.3 Å². The van der Waals surface area contributed by atoms with Crippen molar-refractivity contribution in [3.63, 3.8) is 0 Å². The molecule has 4 heteroatoms. The molecular weight excluding hydrogens is 298 g/mol. The molecule has 0 unspecified atom stereocenters. The highest BCUT2D eigenvalue weighted by Gasteiger charge is 2.16. The van der Waals surface area contributed by atoms with Gasteiger partial charge in [-0.05, 0) is 54.8 Å². The molecule has 0 amide bonds. The summed E-state index contributed by atoms with van der Waals surface area (Å²) in [5, 5.41) is 16.0. The maximum Gasteiger partial charge on any atom is 0.115 e. The minimum Gasteiger partial charge on any atom is -0.508 e. The summed E-state index contributed by atoms with van der Waals surface area (Å²) in [7, 11) is 0. The van der Waals surface area contributed by atoms with E-state index in [1.165, 1.54) is 16.7 Å². The predicted octanol–water partition coefficient (Wildman–Crippen LogP) is 3.16. The van der Waals surface area contributed by atoms with Gasteiger partial charge in [0.25, 0.3) is 0 Å². The van der Waals surface area contributed by atoms with Crippen LogP contribution >= 0.6 is 0 Å². The Hall–Kier alpha value is -2.33. The zero-order chi connectivity index (χ0) is 16.9. The highest BCUT2D eigenvalue weighted by molar-refractivity contribution is 5.79. The minimum atomic E-state index is 0.284. The molecule has 1 saturated heterocycles. The van der Waals surface area contributed by atoms with Crippen LogP contribution in [0.3, 0.4) is 0 Å². The molecule has 1 fully saturated rings. The van der Waals surface area contributed by atoms with Gasteiger partial charge in [0, 0.05) is 32.7 Å². The second-order valence-corrected chi connectivity index (χ2v) is 6.50. The number of phenolic OH excluding ortho intramolecular Hbond substituents is 1. The van der Waals surface area contributed by atoms with Crippen LogP contribution in [0.2, 0.25) is 0 Å². The van der Waals surface area contributed by atoms with Crippen LogP contribution in [0.5, 0.6) is 5.75 Å². The Labute approximate surface area is 144 Å². The van der Waals surface area contributed by atoms with E-state index in [9.17, 15) is 5.11 Å². The Morgan fingerprint density at radius 1 is 1.00 bits per heavy atom. The van der Waals surface area contributed by atoms with E-state index in [0.29, 0.717) is 0 Å². The fraction of sp³-hybridized carbons (Fsp3) is 0.350. The lowest BCUT2D eigenvalue weighted by atomic mass is 10.1. The number of aromatic hydroxyl groups is 1. The number of rotatable bonds is 4. The third-order valence-electron chi connectivity index (χ3n) is 4.50. The Morgan fingerprint density at radius 3 is 2.38 bits per heavy atom. The van der Waals surface area contributed by atoms with Crippen LogP contribution in [-0.2, 0) is 6.54 Å². The van der Waals surface area contributed by atoms with Gasteiger partial charge < -0.3 is 5.11 Å². The third kappa shape index (κ3) is 4.36. The molecule has 126 valence electrons. The van der Waals surface area contributed by atoms with Gasteiger partial charge in [0.1, 0.15) is 5.75 Å². The smallest absolute Gasteiger partial charge is 0.115 e. The van der Waals surface area contributed by atoms with E-state index in [2.05, 4.69) is 47.1 Å². The molecule has 0 radical (unpaired) electrons. The summed E-state index contributed by atoms with van der Waals surface area (Å²) in [6, 6.07) is 13.8. The van der Waals surface area contributed by atoms with Gasteiger partial charge in [0.2, 0.25) is 0 Å². The van der Waals surface area contributed by atoms with E-state index in [-0.39, 0.29) is 5.75 Å². The van der Waals surface area contributed by atoms with Crippen molar-refractivity contribution in [3.8, 4) is 5.75 Å². The number of hydrazone groups is 1. The molecule has 3 rings (SSSR count). The zero-order valence-electron chi connectivity index (χ0n) is 14.4. The van der Waals surface area contributed by atoms with Gasteiger partial charge in [-0.25, -0.2) is 0 Å². The first-order chi connectivity index (χ1) is 11.6. The monoisotopic (exact) mass is 323 g/mol. The topological polar surface area (TPSA) is 39.1 Å². The first kappa shape index (κ1) is 16.5. The van der Waals surface area contributed by atoms with Crippen LogP contribution in [0.15, 0.2) is 47.6 Å². The molecule has 1 aliphatic heterocycles. The summed E-state index contributed by atoms with van der Waals surface area (Å²) in [6.07, 6.45) is 1.86. The van der Waals surface area contributed by atoms with Crippen molar-refractivity contribution in [1.29, 1.82) is 0 Å². The Morgan fingerprint density at radius 2 is 1.71 bits per heavy atom. The molecule has 1 N–H and O–H groups in total. The largest absolute Gasteiger partial charge is 0.508 e. The Kier molecular flexibility index (Phi) is 5.16. The SMILES string of the molecule is Cc1ccc(CN2CCN(N=Cc3ccc(O)cc3)CC2)c(C)c1. The molecule has 0 saturated carbocycles. The Balaban J connectivity index is 1.51. The molecule has 0 bridgehead atoms. The number of hydrogen-bond donors (Lipinski definition) is 1. The van der Waals surface area contributed by atoms with Crippen molar-refractivity contribution in [3.05, 3.63) is 64.7 Å². The number of aryl methyl sites for hydroxylation is 2. The van der Waals surface area contributed by atoms with E-state index in [4.69, 9.17) is 0 Å². The van der Waals surface area contributed by atoms with Crippen LogP contribution in [-0.4, -0.2) is 47.4 Å². The fourth-order valence-electron chi connectivity index (χ4n) is 2.98. The fourth-order valence-corrected chi connectivity index (χ4v) is 2.98. The van der Waals surface area contributed by atoms with Gasteiger partial charge in [-0.1, -0.05) is 23.8 Å². The van der Waals surface area contributed by atoms with Crippen molar-refractivity contribution in [2.75, 3.05) is 26.2 Å². The maximum absolute atomic E-state index is 9.30. The van der Waals surface area contributed by atoms with Crippen LogP contribution < -0.4 is 0 Å². The molecule has 2 aromatic carbocycles. The summed E-state index contributed by atoms with van der Waals surface area (Å²) in [5.74, 6) is 0.284. The quantitative estimate of drug-likeness (QED) is 0.879. The number of nitrogens with zero attached hydrogens (tertiary/aromatic N) is 3. The normalized spacial score (nSPS) is 16.0. The number of phenols is 1. The van der Waals surface area contributed by atoms with Crippen molar-refractivity contribution in [1.82, 2.24) is 9.91 Å². The van der Waals surface area contributed by atoms with E-state index < -0.39 is 0 Å². The molecular formula is C20H25N3O. The molecule has 0 spiro atoms. The summed E-state index contributed by atoms with van der Waals surface area (Å²) in [4.78, 5) is 2.49. The number of hydrogen-bond acceptors (Lipinski definition) is 4. The predicted molar refractivity (Wildman–Crippen MR) is 98.5 cm³/mol. The molecule has 1 heterocycles. The maximum atomic E-state index is 9.30. The van der Waals surface area contributed by atoms with Gasteiger partial charge in [-0.3, -0.25) is 9.91 Å². The molecule has 24 heavy (non-hydrogen) atoms. The summed E-state index contributed by atoms with van der Waals surface area (Å²) >= 11 is 0. The van der Waals surface area contributed by atoms with Crippen molar-refractivity contribution >= 4 is 6.21 Å². The van der Waals surface area contributed by atoms with Gasteiger partial charge in [0.05, 0.1) is 6.21 Å². The van der Waals surface area contributed by atoms with E-state index in [1.807, 2.05) is 18.3 Å². The van der Waals surface area contributed by atoms with Gasteiger partial charge >= 0.3 is 0 Å². The Bertz CT molecular complexity index is 701. The van der Waals surface area contributed by atoms with E-state index in [0.717, 1.165) is 38.3 Å². The third-order valence-corrected chi connectivity index (χ3v) is 4.50. The van der Waals surface area contributed by atoms with Crippen molar-refractivity contribution in [2.45, 2.75) is 20.4 Å². The second kappa shape index (κ2) is 7.49. The molecule has 4 nitrogen and oxygen atoms in total. The minimum absolute atomic E-state index is 0.284. The molecule has 0 aromatic heterocycles. The first-order valence-corrected chi connectivity index (χ1v) is 8.46. The van der Waals surface area contributed by atoms with Crippen LogP contribution in [0.25, 0.3) is 0 Å². The lowest BCUT2D eigenvalue weighted by molar-refractivity contribution is 0.131. The van der Waals surface area contributed by atoms with Crippen LogP contribution in [0, 0.1) is 13.8 Å². The van der Waals surface area contributed by atoms with Crippen molar-refractivity contribution in [2.24, 2.45) is 5.10 Å². The highest BCUT2D eigenvalue weighted by Crippen LogP contribution is 2.15. The molecule has 2 aromatic rings. The zero-order valence-corrected chi connectivity index (χ0v) is 14.4. The summed E-state index contributed by atoms with van der Waals surface area (Å²) in [5.41, 5.74) is 5.12. The van der Waals surface area contributed by atoms with E-state index >= 15 is 0 Å². The standard InChI is InChI=1S/C20H25N3O/c1-16-3-6-19(17(2)13-16)15-22-9-11-23(12-10-22)21-14-18-4-7-20(24)8-5-18/h3-8,13-14,24H,9-12,15H2,1-2H3. The van der Waals surface area contributed by atoms with Gasteiger partial charge in [-0.15, -0.1) is 0 Å². The summed E-state index contributed by atoms with van der Waals surface area (Å²) < 4.78 is 0. The number of benzene rings is 2. The molecule has 0 atom stereocenters. The number of piperazine rings is 1. The molecule has 0 aliphatic carbocycles. The summed E-state index contributed by atoms with van der Waals surface area (Å²) in [6.45, 7) is 9.29. The van der Waals surface area contributed by atoms with Gasteiger partial charge in [-0.2, -0.15) is 5.10 Å². The average Bonchev–Trinajstić information content (AvgIpc) is 2.58. The highest BCUT2D eigenvalue weighted by atomic mass is 16.3. The first-order valence-electron chi connectivity index (χ1n) is 8.46. The van der Waals surface area contributed by atoms with Crippen molar-refractivity contribution < 1.29 is 5.11 Å². The second-order valence-electron chi connectivity index (χ2n) is 6.50. The molecule has 1 aliphatic rings.